The van der Waals surface area contributed by atoms with Crippen LogP contribution in [0.3, 0.4) is 0 Å². The van der Waals surface area contributed by atoms with E-state index in [-0.39, 0.29) is 0 Å². The molecule has 0 aliphatic heterocycles. The number of nitrogens with zero attached hydrogens (tertiary/aromatic N) is 2. The molecule has 0 spiro atoms. The Labute approximate surface area is 92.1 Å². The third-order valence-corrected chi connectivity index (χ3v) is 3.09. The van der Waals surface area contributed by atoms with Crippen molar-refractivity contribution in [3.63, 3.8) is 0 Å². The third kappa shape index (κ3) is 4.51. The summed E-state index contributed by atoms with van der Waals surface area (Å²) < 4.78 is 0. The monoisotopic (exact) mass is 213 g/mol. The lowest BCUT2D eigenvalue weighted by molar-refractivity contribution is 0.229. The highest BCUT2D eigenvalue weighted by Gasteiger charge is 2.29. The smallest absolute Gasteiger partial charge is 0.140 e. The molecule has 4 nitrogen and oxygen atoms in total. The Balaban J connectivity index is 2.30. The van der Waals surface area contributed by atoms with E-state index >= 15 is 0 Å². The van der Waals surface area contributed by atoms with E-state index in [0.29, 0.717) is 12.3 Å². The van der Waals surface area contributed by atoms with E-state index < -0.39 is 0 Å². The molecule has 1 aliphatic rings. The topological polar surface area (TPSA) is 61.8 Å². The molecule has 0 aromatic carbocycles. The molecule has 88 valence electrons. The van der Waals surface area contributed by atoms with Crippen LogP contribution in [0, 0.1) is 5.92 Å². The first kappa shape index (κ1) is 12.3. The maximum absolute atomic E-state index is 8.47. The first-order valence-corrected chi connectivity index (χ1v) is 5.87. The number of hydrogen-bond acceptors (Lipinski definition) is 3. The van der Waals surface area contributed by atoms with Crippen LogP contribution in [0.25, 0.3) is 0 Å². The van der Waals surface area contributed by atoms with Gasteiger partial charge in [0.05, 0.1) is 0 Å². The van der Waals surface area contributed by atoms with Crippen molar-refractivity contribution >= 4 is 5.84 Å². The molecule has 0 bridgehead atoms. The van der Waals surface area contributed by atoms with Crippen LogP contribution in [0.2, 0.25) is 0 Å². The fourth-order valence-corrected chi connectivity index (χ4v) is 1.70. The molecule has 3 N–H and O–H groups in total. The fourth-order valence-electron chi connectivity index (χ4n) is 1.70. The summed E-state index contributed by atoms with van der Waals surface area (Å²) in [5.41, 5.74) is 5.48. The maximum atomic E-state index is 8.47. The summed E-state index contributed by atoms with van der Waals surface area (Å²) in [7, 11) is 0. The summed E-state index contributed by atoms with van der Waals surface area (Å²) in [4.78, 5) is 2.48. The van der Waals surface area contributed by atoms with Crippen molar-refractivity contribution in [3.8, 4) is 0 Å². The SMILES string of the molecule is CCC(C)CN(CCC(N)=NO)C1CC1. The van der Waals surface area contributed by atoms with E-state index in [1.807, 2.05) is 0 Å². The Kier molecular flexibility index (Phi) is 4.88. The minimum absolute atomic E-state index is 0.338. The van der Waals surface area contributed by atoms with Crippen LogP contribution in [0.5, 0.6) is 0 Å². The summed E-state index contributed by atoms with van der Waals surface area (Å²) in [6.45, 7) is 6.56. The van der Waals surface area contributed by atoms with Crippen molar-refractivity contribution in [1.82, 2.24) is 4.90 Å². The van der Waals surface area contributed by atoms with Crippen LogP contribution in [0.4, 0.5) is 0 Å². The normalized spacial score (nSPS) is 19.5. The van der Waals surface area contributed by atoms with Crippen LogP contribution < -0.4 is 5.73 Å². The Hall–Kier alpha value is -0.770. The molecule has 0 aromatic rings. The molecule has 1 fully saturated rings. The molecular formula is C11H23N3O. The second-order valence-electron chi connectivity index (χ2n) is 4.58. The van der Waals surface area contributed by atoms with Crippen LogP contribution in [0.1, 0.15) is 39.5 Å². The Morgan fingerprint density at radius 2 is 2.27 bits per heavy atom. The van der Waals surface area contributed by atoms with Gasteiger partial charge in [-0.15, -0.1) is 0 Å². The Bertz CT molecular complexity index is 214. The van der Waals surface area contributed by atoms with E-state index in [1.165, 1.54) is 19.3 Å². The van der Waals surface area contributed by atoms with E-state index in [0.717, 1.165) is 25.0 Å². The molecule has 0 radical (unpaired) electrons. The van der Waals surface area contributed by atoms with Crippen LogP contribution in [-0.2, 0) is 0 Å². The van der Waals surface area contributed by atoms with Gasteiger partial charge in [-0.2, -0.15) is 0 Å². The van der Waals surface area contributed by atoms with Crippen molar-refractivity contribution in [2.45, 2.75) is 45.6 Å². The number of hydrogen-bond donors (Lipinski definition) is 2. The van der Waals surface area contributed by atoms with Gasteiger partial charge in [-0.05, 0) is 18.8 Å². The molecule has 0 saturated heterocycles. The molecular weight excluding hydrogens is 190 g/mol. The highest BCUT2D eigenvalue weighted by Crippen LogP contribution is 2.27. The van der Waals surface area contributed by atoms with Crippen LogP contribution in [0.15, 0.2) is 5.16 Å². The van der Waals surface area contributed by atoms with Crippen molar-refractivity contribution < 1.29 is 5.21 Å². The summed E-state index contributed by atoms with van der Waals surface area (Å²) in [6.07, 6.45) is 4.51. The molecule has 1 rings (SSSR count). The Morgan fingerprint density at radius 1 is 1.60 bits per heavy atom. The van der Waals surface area contributed by atoms with Gasteiger partial charge in [-0.1, -0.05) is 25.4 Å². The standard InChI is InChI=1S/C11H23N3O/c1-3-9(2)8-14(10-4-5-10)7-6-11(12)13-15/h9-10,15H,3-8H2,1-2H3,(H2,12,13). The summed E-state index contributed by atoms with van der Waals surface area (Å²) in [6, 6.07) is 0.755. The minimum Gasteiger partial charge on any atom is -0.409 e. The summed E-state index contributed by atoms with van der Waals surface area (Å²) in [5.74, 6) is 1.07. The first-order valence-electron chi connectivity index (χ1n) is 5.87. The molecule has 1 atom stereocenters. The lowest BCUT2D eigenvalue weighted by Crippen LogP contribution is -2.33. The number of rotatable bonds is 7. The second kappa shape index (κ2) is 5.95. The third-order valence-electron chi connectivity index (χ3n) is 3.09. The Morgan fingerprint density at radius 3 is 2.73 bits per heavy atom. The fraction of sp³-hybridized carbons (Fsp3) is 0.909. The van der Waals surface area contributed by atoms with E-state index in [9.17, 15) is 0 Å². The second-order valence-corrected chi connectivity index (χ2v) is 4.58. The molecule has 0 amide bonds. The van der Waals surface area contributed by atoms with Gasteiger partial charge in [-0.3, -0.25) is 4.90 Å². The van der Waals surface area contributed by atoms with Gasteiger partial charge >= 0.3 is 0 Å². The van der Waals surface area contributed by atoms with E-state index in [4.69, 9.17) is 10.9 Å². The van der Waals surface area contributed by atoms with E-state index in [1.54, 1.807) is 0 Å². The average Bonchev–Trinajstić information content (AvgIpc) is 3.06. The number of oxime groups is 1. The van der Waals surface area contributed by atoms with Gasteiger partial charge in [0, 0.05) is 25.6 Å². The molecule has 0 heterocycles. The van der Waals surface area contributed by atoms with Gasteiger partial charge in [-0.25, -0.2) is 0 Å². The van der Waals surface area contributed by atoms with Gasteiger partial charge in [0.15, 0.2) is 0 Å². The van der Waals surface area contributed by atoms with Crippen molar-refractivity contribution in [3.05, 3.63) is 0 Å². The molecule has 4 heteroatoms. The molecule has 1 aliphatic carbocycles. The summed E-state index contributed by atoms with van der Waals surface area (Å²) in [5, 5.41) is 11.5. The maximum Gasteiger partial charge on any atom is 0.140 e. The molecule has 1 saturated carbocycles. The molecule has 15 heavy (non-hydrogen) atoms. The first-order chi connectivity index (χ1) is 7.17. The lowest BCUT2D eigenvalue weighted by atomic mass is 10.1. The van der Waals surface area contributed by atoms with Gasteiger partial charge in [0.2, 0.25) is 0 Å². The van der Waals surface area contributed by atoms with Gasteiger partial charge < -0.3 is 10.9 Å². The highest BCUT2D eigenvalue weighted by atomic mass is 16.4. The molecule has 1 unspecified atom stereocenters. The van der Waals surface area contributed by atoms with Crippen LogP contribution >= 0.6 is 0 Å². The zero-order chi connectivity index (χ0) is 11.3. The largest absolute Gasteiger partial charge is 0.409 e. The predicted molar refractivity (Wildman–Crippen MR) is 62.1 cm³/mol. The number of amidine groups is 1. The molecule has 0 aromatic heterocycles. The lowest BCUT2D eigenvalue weighted by Gasteiger charge is -2.24. The van der Waals surface area contributed by atoms with Gasteiger partial charge in [0.25, 0.3) is 0 Å². The minimum atomic E-state index is 0.338. The van der Waals surface area contributed by atoms with Crippen LogP contribution in [-0.4, -0.2) is 35.1 Å². The van der Waals surface area contributed by atoms with Crippen molar-refractivity contribution in [2.75, 3.05) is 13.1 Å². The zero-order valence-electron chi connectivity index (χ0n) is 9.82. The van der Waals surface area contributed by atoms with Gasteiger partial charge in [0.1, 0.15) is 5.84 Å². The highest BCUT2D eigenvalue weighted by molar-refractivity contribution is 5.79. The van der Waals surface area contributed by atoms with Crippen molar-refractivity contribution in [1.29, 1.82) is 0 Å². The quantitative estimate of drug-likeness (QED) is 0.292. The number of nitrogens with two attached hydrogens (primary N) is 1. The van der Waals surface area contributed by atoms with Crippen molar-refractivity contribution in [2.24, 2.45) is 16.8 Å². The summed E-state index contributed by atoms with van der Waals surface area (Å²) >= 11 is 0. The zero-order valence-corrected chi connectivity index (χ0v) is 9.82. The average molecular weight is 213 g/mol. The van der Waals surface area contributed by atoms with E-state index in [2.05, 4.69) is 23.9 Å². The predicted octanol–water partition coefficient (Wildman–Crippen LogP) is 1.63.